The summed E-state index contributed by atoms with van der Waals surface area (Å²) in [6.45, 7) is 1.13. The van der Waals surface area contributed by atoms with E-state index in [1.807, 2.05) is 0 Å². The Bertz CT molecular complexity index is 1090. The summed E-state index contributed by atoms with van der Waals surface area (Å²) in [5.41, 5.74) is 0.576. The Kier molecular flexibility index (Phi) is 5.26. The van der Waals surface area contributed by atoms with Crippen LogP contribution in [0, 0.1) is 16.7 Å². The molecule has 0 bridgehead atoms. The third kappa shape index (κ3) is 3.44. The van der Waals surface area contributed by atoms with Crippen LogP contribution in [0.4, 0.5) is 5.69 Å². The van der Waals surface area contributed by atoms with Crippen molar-refractivity contribution in [1.29, 1.82) is 5.26 Å². The number of piperidine rings is 1. The van der Waals surface area contributed by atoms with Gasteiger partial charge in [0.25, 0.3) is 0 Å². The van der Waals surface area contributed by atoms with Gasteiger partial charge in [0.1, 0.15) is 5.75 Å². The van der Waals surface area contributed by atoms with E-state index in [2.05, 4.69) is 6.07 Å². The normalized spacial score (nSPS) is 22.3. The first-order valence-corrected chi connectivity index (χ1v) is 11.3. The average Bonchev–Trinajstić information content (AvgIpc) is 3.09. The van der Waals surface area contributed by atoms with Gasteiger partial charge in [0, 0.05) is 25.3 Å². The minimum absolute atomic E-state index is 0.0400. The van der Waals surface area contributed by atoms with Crippen LogP contribution in [0.2, 0.25) is 0 Å². The molecule has 1 spiro atoms. The molecule has 2 aliphatic rings. The maximum atomic E-state index is 13.4. The summed E-state index contributed by atoms with van der Waals surface area (Å²) in [4.78, 5) is 15.3. The quantitative estimate of drug-likeness (QED) is 0.751. The molecule has 0 N–H and O–H groups in total. The summed E-state index contributed by atoms with van der Waals surface area (Å²) in [5, 5.41) is 8.97. The van der Waals surface area contributed by atoms with Gasteiger partial charge in [-0.1, -0.05) is 0 Å². The molecule has 7 nitrogen and oxygen atoms in total. The lowest BCUT2D eigenvalue weighted by Gasteiger charge is -2.38. The lowest BCUT2D eigenvalue weighted by Crippen LogP contribution is -2.49. The van der Waals surface area contributed by atoms with Gasteiger partial charge >= 0.3 is 0 Å². The molecule has 2 aromatic rings. The molecule has 156 valence electrons. The van der Waals surface area contributed by atoms with Crippen molar-refractivity contribution in [3.05, 3.63) is 54.1 Å². The number of ether oxygens (including phenoxy) is 1. The van der Waals surface area contributed by atoms with E-state index < -0.39 is 15.4 Å². The number of sulfonamides is 1. The number of nitriles is 1. The van der Waals surface area contributed by atoms with Crippen LogP contribution < -0.4 is 9.64 Å². The number of amides is 1. The minimum Gasteiger partial charge on any atom is -0.497 e. The first-order valence-electron chi connectivity index (χ1n) is 9.86. The molecule has 1 amide bonds. The number of anilines is 1. The topological polar surface area (TPSA) is 90.7 Å². The van der Waals surface area contributed by atoms with Gasteiger partial charge in [0.15, 0.2) is 0 Å². The van der Waals surface area contributed by atoms with Crippen molar-refractivity contribution in [3.63, 3.8) is 0 Å². The van der Waals surface area contributed by atoms with Crippen molar-refractivity contribution >= 4 is 21.6 Å². The average molecular weight is 426 g/mol. The number of methoxy groups -OCH3 is 1. The second kappa shape index (κ2) is 7.74. The molecule has 2 fully saturated rings. The molecule has 2 aliphatic heterocycles. The Balaban J connectivity index is 1.56. The fourth-order valence-corrected chi connectivity index (χ4v) is 5.92. The van der Waals surface area contributed by atoms with Gasteiger partial charge in [0.2, 0.25) is 15.9 Å². The Labute approximate surface area is 176 Å². The molecule has 2 aromatic carbocycles. The lowest BCUT2D eigenvalue weighted by molar-refractivity contribution is -0.127. The van der Waals surface area contributed by atoms with Gasteiger partial charge in [-0.3, -0.25) is 4.79 Å². The molecular formula is C22H23N3O4S. The number of hydrogen-bond donors (Lipinski definition) is 0. The van der Waals surface area contributed by atoms with Crippen LogP contribution in [0.25, 0.3) is 0 Å². The fourth-order valence-electron chi connectivity index (χ4n) is 4.35. The van der Waals surface area contributed by atoms with Crippen LogP contribution in [0.15, 0.2) is 53.4 Å². The van der Waals surface area contributed by atoms with Crippen molar-refractivity contribution in [1.82, 2.24) is 4.31 Å². The molecule has 0 aromatic heterocycles. The molecule has 2 heterocycles. The van der Waals surface area contributed by atoms with Crippen molar-refractivity contribution in [2.24, 2.45) is 5.41 Å². The van der Waals surface area contributed by atoms with Gasteiger partial charge in [-0.05, 0) is 67.8 Å². The smallest absolute Gasteiger partial charge is 0.243 e. The van der Waals surface area contributed by atoms with Gasteiger partial charge in [-0.25, -0.2) is 8.42 Å². The first-order chi connectivity index (χ1) is 14.4. The van der Waals surface area contributed by atoms with E-state index in [9.17, 15) is 13.2 Å². The molecule has 8 heteroatoms. The molecule has 0 saturated carbocycles. The lowest BCUT2D eigenvalue weighted by atomic mass is 9.79. The standard InChI is InChI=1S/C22H23N3O4S/c1-29-19-7-9-20(10-8-19)30(27,28)24-13-2-11-22(16-24)12-14-25(21(22)26)18-5-3-17(15-23)4-6-18/h3-10H,2,11-14,16H2,1H3. The Morgan fingerprint density at radius 3 is 2.37 bits per heavy atom. The number of rotatable bonds is 4. The van der Waals surface area contributed by atoms with Gasteiger partial charge in [0.05, 0.1) is 29.1 Å². The van der Waals surface area contributed by atoms with E-state index in [1.165, 1.54) is 23.5 Å². The van der Waals surface area contributed by atoms with E-state index in [-0.39, 0.29) is 17.3 Å². The highest BCUT2D eigenvalue weighted by Gasteiger charge is 2.51. The first kappa shape index (κ1) is 20.4. The number of carbonyl (C=O) groups is 1. The third-order valence-corrected chi connectivity index (χ3v) is 7.92. The van der Waals surface area contributed by atoms with Crippen molar-refractivity contribution in [3.8, 4) is 11.8 Å². The summed E-state index contributed by atoms with van der Waals surface area (Å²) in [7, 11) is -2.16. The zero-order chi connectivity index (χ0) is 21.4. The molecule has 2 saturated heterocycles. The van der Waals surface area contributed by atoms with Crippen LogP contribution in [0.3, 0.4) is 0 Å². The Morgan fingerprint density at radius 2 is 1.73 bits per heavy atom. The monoisotopic (exact) mass is 425 g/mol. The summed E-state index contributed by atoms with van der Waals surface area (Å²) in [5.74, 6) is 0.551. The second-order valence-corrected chi connectivity index (χ2v) is 9.70. The SMILES string of the molecule is COc1ccc(S(=O)(=O)N2CCCC3(CCN(c4ccc(C#N)cc4)C3=O)C2)cc1. The highest BCUT2D eigenvalue weighted by atomic mass is 32.2. The molecule has 1 atom stereocenters. The second-order valence-electron chi connectivity index (χ2n) is 7.76. The van der Waals surface area contributed by atoms with Crippen LogP contribution in [0.1, 0.15) is 24.8 Å². The van der Waals surface area contributed by atoms with Crippen LogP contribution >= 0.6 is 0 Å². The zero-order valence-electron chi connectivity index (χ0n) is 16.7. The van der Waals surface area contributed by atoms with Crippen molar-refractivity contribution in [2.45, 2.75) is 24.2 Å². The zero-order valence-corrected chi connectivity index (χ0v) is 17.6. The summed E-state index contributed by atoms with van der Waals surface area (Å²) in [6, 6.07) is 15.3. The van der Waals surface area contributed by atoms with E-state index in [0.29, 0.717) is 43.7 Å². The number of hydrogen-bond acceptors (Lipinski definition) is 5. The van der Waals surface area contributed by atoms with Gasteiger partial charge in [-0.15, -0.1) is 0 Å². The molecule has 0 aliphatic carbocycles. The Hall–Kier alpha value is -2.89. The minimum atomic E-state index is -3.69. The highest BCUT2D eigenvalue weighted by Crippen LogP contribution is 2.43. The van der Waals surface area contributed by atoms with E-state index in [0.717, 1.165) is 5.69 Å². The number of nitrogens with zero attached hydrogens (tertiary/aromatic N) is 3. The van der Waals surface area contributed by atoms with Crippen LogP contribution in [0.5, 0.6) is 5.75 Å². The summed E-state index contributed by atoms with van der Waals surface area (Å²) >= 11 is 0. The van der Waals surface area contributed by atoms with Gasteiger partial charge < -0.3 is 9.64 Å². The fraction of sp³-hybridized carbons (Fsp3) is 0.364. The van der Waals surface area contributed by atoms with Crippen molar-refractivity contribution < 1.29 is 17.9 Å². The number of benzene rings is 2. The van der Waals surface area contributed by atoms with Crippen molar-refractivity contribution in [2.75, 3.05) is 31.6 Å². The largest absolute Gasteiger partial charge is 0.497 e. The van der Waals surface area contributed by atoms with E-state index >= 15 is 0 Å². The van der Waals surface area contributed by atoms with Crippen LogP contribution in [-0.2, 0) is 14.8 Å². The van der Waals surface area contributed by atoms with Gasteiger partial charge in [-0.2, -0.15) is 9.57 Å². The van der Waals surface area contributed by atoms with E-state index in [1.54, 1.807) is 41.3 Å². The Morgan fingerprint density at radius 1 is 1.03 bits per heavy atom. The molecule has 30 heavy (non-hydrogen) atoms. The summed E-state index contributed by atoms with van der Waals surface area (Å²) in [6.07, 6.45) is 1.93. The highest BCUT2D eigenvalue weighted by molar-refractivity contribution is 7.89. The predicted octanol–water partition coefficient (Wildman–Crippen LogP) is 2.77. The maximum Gasteiger partial charge on any atom is 0.243 e. The molecule has 0 radical (unpaired) electrons. The molecular weight excluding hydrogens is 402 g/mol. The molecule has 1 unspecified atom stereocenters. The van der Waals surface area contributed by atoms with E-state index in [4.69, 9.17) is 10.00 Å². The third-order valence-electron chi connectivity index (χ3n) is 6.06. The summed E-state index contributed by atoms with van der Waals surface area (Å²) < 4.78 is 32.9. The van der Waals surface area contributed by atoms with Crippen LogP contribution in [-0.4, -0.2) is 45.4 Å². The molecule has 4 rings (SSSR count). The predicted molar refractivity (Wildman–Crippen MR) is 112 cm³/mol. The number of carbonyl (C=O) groups excluding carboxylic acids is 1. The maximum absolute atomic E-state index is 13.4.